The maximum Gasteiger partial charge on any atom is 0.338 e. The van der Waals surface area contributed by atoms with Gasteiger partial charge in [0.1, 0.15) is 5.82 Å². The van der Waals surface area contributed by atoms with E-state index in [0.29, 0.717) is 35.5 Å². The first kappa shape index (κ1) is 26.9. The maximum absolute atomic E-state index is 13.1. The van der Waals surface area contributed by atoms with Gasteiger partial charge in [0.2, 0.25) is 5.91 Å². The molecule has 0 radical (unpaired) electrons. The Bertz CT molecular complexity index is 1180. The van der Waals surface area contributed by atoms with Crippen LogP contribution in [-0.4, -0.2) is 29.6 Å². The Balaban J connectivity index is 1.58. The standard InChI is InChI=1S/C28H29FN2O4S/c1-3-5-17-35-28(34)20-11-15-22(16-12-20)30-27(33)25(4-2)36-24-8-6-7-23(18-24)31-26(32)19-9-13-21(29)14-10-19/h6-16,18,25H,3-5,17H2,1-2H3,(H,30,33)(H,31,32). The highest BCUT2D eigenvalue weighted by Crippen LogP contribution is 2.29. The van der Waals surface area contributed by atoms with E-state index in [2.05, 4.69) is 10.6 Å². The van der Waals surface area contributed by atoms with Gasteiger partial charge >= 0.3 is 5.97 Å². The van der Waals surface area contributed by atoms with Crippen molar-refractivity contribution in [2.75, 3.05) is 17.2 Å². The summed E-state index contributed by atoms with van der Waals surface area (Å²) in [5, 5.41) is 5.32. The molecule has 0 aliphatic heterocycles. The predicted molar refractivity (Wildman–Crippen MR) is 141 cm³/mol. The van der Waals surface area contributed by atoms with Gasteiger partial charge in [0.25, 0.3) is 5.91 Å². The molecule has 3 aromatic rings. The number of hydrogen-bond acceptors (Lipinski definition) is 5. The van der Waals surface area contributed by atoms with Crippen LogP contribution in [0.2, 0.25) is 0 Å². The zero-order valence-electron chi connectivity index (χ0n) is 20.3. The molecule has 36 heavy (non-hydrogen) atoms. The number of thioether (sulfide) groups is 1. The number of rotatable bonds is 11. The van der Waals surface area contributed by atoms with Crippen LogP contribution in [0.4, 0.5) is 15.8 Å². The van der Waals surface area contributed by atoms with E-state index in [1.807, 2.05) is 19.9 Å². The molecule has 6 nitrogen and oxygen atoms in total. The number of carbonyl (C=O) groups is 3. The number of amides is 2. The quantitative estimate of drug-likeness (QED) is 0.174. The molecular formula is C28H29FN2O4S. The highest BCUT2D eigenvalue weighted by Gasteiger charge is 2.19. The fourth-order valence-corrected chi connectivity index (χ4v) is 4.26. The fourth-order valence-electron chi connectivity index (χ4n) is 3.24. The largest absolute Gasteiger partial charge is 0.462 e. The number of hydrogen-bond donors (Lipinski definition) is 2. The van der Waals surface area contributed by atoms with Crippen molar-refractivity contribution in [3.05, 3.63) is 89.7 Å². The van der Waals surface area contributed by atoms with Crippen molar-refractivity contribution < 1.29 is 23.5 Å². The molecule has 3 aromatic carbocycles. The van der Waals surface area contributed by atoms with Crippen molar-refractivity contribution in [3.8, 4) is 0 Å². The number of unbranched alkanes of at least 4 members (excludes halogenated alkanes) is 1. The first-order valence-electron chi connectivity index (χ1n) is 11.8. The summed E-state index contributed by atoms with van der Waals surface area (Å²) in [6.45, 7) is 4.34. The molecule has 0 aliphatic carbocycles. The second-order valence-electron chi connectivity index (χ2n) is 8.06. The van der Waals surface area contributed by atoms with Gasteiger partial charge in [-0.2, -0.15) is 0 Å². The summed E-state index contributed by atoms with van der Waals surface area (Å²) in [5.74, 6) is -1.30. The fraction of sp³-hybridized carbons (Fsp3) is 0.250. The summed E-state index contributed by atoms with van der Waals surface area (Å²) >= 11 is 1.39. The molecule has 0 aromatic heterocycles. The molecule has 1 unspecified atom stereocenters. The molecule has 188 valence electrons. The van der Waals surface area contributed by atoms with Crippen molar-refractivity contribution in [2.24, 2.45) is 0 Å². The highest BCUT2D eigenvalue weighted by atomic mass is 32.2. The van der Waals surface area contributed by atoms with Crippen molar-refractivity contribution in [1.29, 1.82) is 0 Å². The SMILES string of the molecule is CCCCOC(=O)c1ccc(NC(=O)C(CC)Sc2cccc(NC(=O)c3ccc(F)cc3)c2)cc1. The summed E-state index contributed by atoms with van der Waals surface area (Å²) < 4.78 is 18.3. The van der Waals surface area contributed by atoms with Gasteiger partial charge in [-0.1, -0.05) is 26.3 Å². The zero-order valence-corrected chi connectivity index (χ0v) is 21.1. The van der Waals surface area contributed by atoms with Gasteiger partial charge in [-0.3, -0.25) is 9.59 Å². The van der Waals surface area contributed by atoms with Crippen LogP contribution in [0, 0.1) is 5.82 Å². The molecule has 0 spiro atoms. The minimum Gasteiger partial charge on any atom is -0.462 e. The topological polar surface area (TPSA) is 84.5 Å². The average Bonchev–Trinajstić information content (AvgIpc) is 2.88. The van der Waals surface area contributed by atoms with E-state index >= 15 is 0 Å². The highest BCUT2D eigenvalue weighted by molar-refractivity contribution is 8.00. The number of halogens is 1. The van der Waals surface area contributed by atoms with Gasteiger partial charge in [-0.05, 0) is 79.6 Å². The Morgan fingerprint density at radius 2 is 1.58 bits per heavy atom. The molecule has 0 bridgehead atoms. The second kappa shape index (κ2) is 13.4. The summed E-state index contributed by atoms with van der Waals surface area (Å²) in [6.07, 6.45) is 2.35. The van der Waals surface area contributed by atoms with Gasteiger partial charge in [0.05, 0.1) is 17.4 Å². The van der Waals surface area contributed by atoms with Crippen molar-refractivity contribution in [3.63, 3.8) is 0 Å². The number of anilines is 2. The Hall–Kier alpha value is -3.65. The Kier molecular flexibility index (Phi) is 10.1. The normalized spacial score (nSPS) is 11.4. The van der Waals surface area contributed by atoms with Crippen LogP contribution in [0.15, 0.2) is 77.7 Å². The molecular weight excluding hydrogens is 479 g/mol. The lowest BCUT2D eigenvalue weighted by Crippen LogP contribution is -2.24. The van der Waals surface area contributed by atoms with Crippen LogP contribution in [0.25, 0.3) is 0 Å². The van der Waals surface area contributed by atoms with E-state index in [1.54, 1.807) is 42.5 Å². The Morgan fingerprint density at radius 3 is 2.25 bits per heavy atom. The number of benzene rings is 3. The molecule has 0 saturated carbocycles. The van der Waals surface area contributed by atoms with Gasteiger partial charge in [-0.15, -0.1) is 11.8 Å². The van der Waals surface area contributed by atoms with E-state index in [9.17, 15) is 18.8 Å². The predicted octanol–water partition coefficient (Wildman–Crippen LogP) is 6.54. The lowest BCUT2D eigenvalue weighted by molar-refractivity contribution is -0.115. The third-order valence-electron chi connectivity index (χ3n) is 5.26. The minimum atomic E-state index is -0.408. The summed E-state index contributed by atoms with van der Waals surface area (Å²) in [6, 6.07) is 19.1. The Morgan fingerprint density at radius 1 is 0.889 bits per heavy atom. The van der Waals surface area contributed by atoms with Gasteiger partial charge in [0, 0.05) is 21.8 Å². The zero-order chi connectivity index (χ0) is 25.9. The molecule has 2 N–H and O–H groups in total. The van der Waals surface area contributed by atoms with Gasteiger partial charge < -0.3 is 15.4 Å². The molecule has 8 heteroatoms. The smallest absolute Gasteiger partial charge is 0.338 e. The molecule has 2 amide bonds. The van der Waals surface area contributed by atoms with E-state index in [0.717, 1.165) is 17.7 Å². The van der Waals surface area contributed by atoms with Crippen LogP contribution in [-0.2, 0) is 9.53 Å². The summed E-state index contributed by atoms with van der Waals surface area (Å²) in [7, 11) is 0. The number of ether oxygens (including phenoxy) is 1. The number of carbonyl (C=O) groups excluding carboxylic acids is 3. The second-order valence-corrected chi connectivity index (χ2v) is 9.34. The van der Waals surface area contributed by atoms with Crippen LogP contribution in [0.1, 0.15) is 53.8 Å². The molecule has 0 saturated heterocycles. The van der Waals surface area contributed by atoms with Crippen LogP contribution < -0.4 is 10.6 Å². The lowest BCUT2D eigenvalue weighted by atomic mass is 10.2. The minimum absolute atomic E-state index is 0.165. The van der Waals surface area contributed by atoms with Crippen molar-refractivity contribution in [2.45, 2.75) is 43.3 Å². The van der Waals surface area contributed by atoms with Crippen LogP contribution in [0.3, 0.4) is 0 Å². The van der Waals surface area contributed by atoms with Crippen LogP contribution >= 0.6 is 11.8 Å². The van der Waals surface area contributed by atoms with E-state index in [1.165, 1.54) is 36.0 Å². The van der Waals surface area contributed by atoms with Crippen LogP contribution in [0.5, 0.6) is 0 Å². The van der Waals surface area contributed by atoms with E-state index in [-0.39, 0.29) is 23.0 Å². The van der Waals surface area contributed by atoms with Crippen molar-refractivity contribution in [1.82, 2.24) is 0 Å². The maximum atomic E-state index is 13.1. The lowest BCUT2D eigenvalue weighted by Gasteiger charge is -2.16. The average molecular weight is 509 g/mol. The molecule has 3 rings (SSSR count). The Labute approximate surface area is 214 Å². The van der Waals surface area contributed by atoms with Gasteiger partial charge in [-0.25, -0.2) is 9.18 Å². The first-order valence-corrected chi connectivity index (χ1v) is 12.7. The number of nitrogens with one attached hydrogen (secondary N) is 2. The molecule has 0 fully saturated rings. The van der Waals surface area contributed by atoms with E-state index in [4.69, 9.17) is 4.74 Å². The third kappa shape index (κ3) is 7.95. The molecule has 0 heterocycles. The monoisotopic (exact) mass is 508 g/mol. The van der Waals surface area contributed by atoms with Gasteiger partial charge in [0.15, 0.2) is 0 Å². The first-order chi connectivity index (χ1) is 17.4. The molecule has 0 aliphatic rings. The molecule has 1 atom stereocenters. The summed E-state index contributed by atoms with van der Waals surface area (Å²) in [4.78, 5) is 38.2. The summed E-state index contributed by atoms with van der Waals surface area (Å²) in [5.41, 5.74) is 1.95. The van der Waals surface area contributed by atoms with E-state index < -0.39 is 5.82 Å². The van der Waals surface area contributed by atoms with Crippen molar-refractivity contribution >= 4 is 40.9 Å². The number of esters is 1. The third-order valence-corrected chi connectivity index (χ3v) is 6.62.